The fourth-order valence-corrected chi connectivity index (χ4v) is 11.5. The van der Waals surface area contributed by atoms with Crippen molar-refractivity contribution in [2.45, 2.75) is 101 Å². The molecule has 6 heterocycles. The van der Waals surface area contributed by atoms with Gasteiger partial charge in [0.05, 0.1) is 28.9 Å². The van der Waals surface area contributed by atoms with Crippen LogP contribution in [0, 0.1) is 21.4 Å². The molecule has 2 aromatic carbocycles. The average Bonchev–Trinajstić information content (AvgIpc) is 3.99. The van der Waals surface area contributed by atoms with E-state index in [1.54, 1.807) is 30.6 Å². The Kier molecular flexibility index (Phi) is 12.6. The lowest BCUT2D eigenvalue weighted by Crippen LogP contribution is -2.45. The molecule has 3 saturated heterocycles. The first kappa shape index (κ1) is 43.7. The molecule has 64 heavy (non-hydrogen) atoms. The number of benzene rings is 2. The third-order valence-corrected chi connectivity index (χ3v) is 15.5. The zero-order chi connectivity index (χ0) is 44.4. The molecule has 4 aliphatic rings. The van der Waals surface area contributed by atoms with Gasteiger partial charge in [-0.15, -0.1) is 0 Å². The van der Waals surface area contributed by atoms with Gasteiger partial charge in [-0.1, -0.05) is 38.1 Å². The van der Waals surface area contributed by atoms with Crippen LogP contribution in [0.1, 0.15) is 112 Å². The molecule has 3 aromatic heterocycles. The number of likely N-dealkylation sites (tertiary alicyclic amines) is 1. The van der Waals surface area contributed by atoms with Crippen molar-refractivity contribution in [1.82, 2.24) is 24.6 Å². The van der Waals surface area contributed by atoms with E-state index in [1.807, 2.05) is 12.1 Å². The summed E-state index contributed by atoms with van der Waals surface area (Å²) in [6, 6.07) is 19.8. The molecule has 1 aliphatic carbocycles. The topological polar surface area (TPSA) is 185 Å². The number of piperidine rings is 1. The first-order valence-electron chi connectivity index (χ1n) is 22.8. The van der Waals surface area contributed by atoms with Crippen molar-refractivity contribution in [3.63, 3.8) is 0 Å². The van der Waals surface area contributed by atoms with E-state index in [4.69, 9.17) is 9.47 Å². The van der Waals surface area contributed by atoms with Crippen LogP contribution in [0.15, 0.2) is 84.3 Å². The fourth-order valence-electron chi connectivity index (χ4n) is 10.6. The van der Waals surface area contributed by atoms with Gasteiger partial charge in [0.1, 0.15) is 22.8 Å². The van der Waals surface area contributed by atoms with Gasteiger partial charge in [0.25, 0.3) is 21.6 Å². The quantitative estimate of drug-likeness (QED) is 0.0754. The molecule has 5 aromatic rings. The Morgan fingerprint density at radius 1 is 0.969 bits per heavy atom. The lowest BCUT2D eigenvalue weighted by Gasteiger charge is -2.48. The second-order valence-corrected chi connectivity index (χ2v) is 20.1. The van der Waals surface area contributed by atoms with Crippen LogP contribution in [0.4, 0.5) is 17.1 Å². The van der Waals surface area contributed by atoms with Crippen LogP contribution in [0.25, 0.3) is 11.0 Å². The Hall–Kier alpha value is -5.58. The number of sulfonamides is 1. The molecule has 1 spiro atoms. The van der Waals surface area contributed by atoms with Crippen LogP contribution in [0.3, 0.4) is 0 Å². The Labute approximate surface area is 374 Å². The molecular formula is C48H58N8O7S. The number of amides is 1. The highest BCUT2D eigenvalue weighted by molar-refractivity contribution is 7.90. The van der Waals surface area contributed by atoms with E-state index in [0.29, 0.717) is 54.6 Å². The van der Waals surface area contributed by atoms with Crippen LogP contribution >= 0.6 is 0 Å². The van der Waals surface area contributed by atoms with Gasteiger partial charge in [-0.05, 0) is 123 Å². The third kappa shape index (κ3) is 9.31. The molecule has 15 nitrogen and oxygen atoms in total. The second kappa shape index (κ2) is 18.5. The minimum absolute atomic E-state index is 0.0335. The number of fused-ring (bicyclic) bond motifs is 1. The van der Waals surface area contributed by atoms with E-state index in [0.717, 1.165) is 62.1 Å². The number of carbonyl (C=O) groups excluding carboxylic acids is 1. The number of rotatable bonds is 13. The van der Waals surface area contributed by atoms with Crippen molar-refractivity contribution in [3.8, 4) is 11.5 Å². The fraction of sp³-hybridized carbons (Fsp3) is 0.479. The minimum Gasteiger partial charge on any atom is -0.455 e. The summed E-state index contributed by atoms with van der Waals surface area (Å²) < 4.78 is 41.1. The molecule has 16 heteroatoms. The van der Waals surface area contributed by atoms with Crippen LogP contribution < -0.4 is 19.7 Å². The number of nitro groups is 1. The maximum atomic E-state index is 13.9. The Bertz CT molecular complexity index is 2590. The van der Waals surface area contributed by atoms with Crippen molar-refractivity contribution in [2.75, 3.05) is 49.6 Å². The molecule has 1 amide bonds. The van der Waals surface area contributed by atoms with E-state index >= 15 is 0 Å². The number of aromatic amines is 1. The number of ether oxygens (including phenoxy) is 2. The monoisotopic (exact) mass is 890 g/mol. The summed E-state index contributed by atoms with van der Waals surface area (Å²) >= 11 is 0. The Balaban J connectivity index is 0.894. The number of nitrogens with zero attached hydrogens (tertiary/aromatic N) is 5. The van der Waals surface area contributed by atoms with Gasteiger partial charge < -0.3 is 24.7 Å². The molecule has 338 valence electrons. The number of H-pyrrole nitrogens is 1. The number of anilines is 2. The van der Waals surface area contributed by atoms with Crippen LogP contribution in [0.2, 0.25) is 0 Å². The van der Waals surface area contributed by atoms with Crippen LogP contribution in [-0.4, -0.2) is 84.5 Å². The SMILES string of the molecule is CC(C)c1ccccc1C1CCCN1C1CCC2(CC1)CCN(c1ccc(C(=O)NS(=O)(=O)c3cc([N+](=O)[O-])c(NCC4CCOCC4)cn3)c(Oc3cnc4[nH]ccc4c3)c1)CC2. The normalized spacial score (nSPS) is 19.9. The highest BCUT2D eigenvalue weighted by Gasteiger charge is 2.42. The molecule has 1 unspecified atom stereocenters. The lowest BCUT2D eigenvalue weighted by atomic mass is 9.66. The molecule has 4 fully saturated rings. The van der Waals surface area contributed by atoms with Crippen LogP contribution in [0.5, 0.6) is 11.5 Å². The predicted octanol–water partition coefficient (Wildman–Crippen LogP) is 9.11. The molecule has 9 rings (SSSR count). The van der Waals surface area contributed by atoms with Crippen molar-refractivity contribution in [1.29, 1.82) is 0 Å². The standard InChI is InChI=1S/C48H58N8O7S/c1-32(2)38-6-3-4-7-39(38)42-8-5-21-55(42)35-11-16-48(17-12-35)18-22-54(23-19-48)36-9-10-40(44(27-36)63-37-26-34-13-20-49-46(34)52-30-37)47(57)53-64(60,61)45-28-43(56(58)59)41(31-51-45)50-29-33-14-24-62-25-15-33/h3-4,6-7,9-10,13,20,26-28,30-33,35,42,50H,5,8,11-12,14-19,21-25,29H2,1-2H3,(H,49,52)(H,53,57). The first-order chi connectivity index (χ1) is 30.9. The van der Waals surface area contributed by atoms with Gasteiger partial charge in [-0.2, -0.15) is 8.42 Å². The average molecular weight is 891 g/mol. The largest absolute Gasteiger partial charge is 0.455 e. The summed E-state index contributed by atoms with van der Waals surface area (Å²) in [5.74, 6) is 0.304. The summed E-state index contributed by atoms with van der Waals surface area (Å²) in [5.41, 5.74) is 4.42. The van der Waals surface area contributed by atoms with Crippen molar-refractivity contribution in [2.24, 2.45) is 11.3 Å². The molecule has 0 radical (unpaired) electrons. The highest BCUT2D eigenvalue weighted by Crippen LogP contribution is 2.49. The molecule has 0 bridgehead atoms. The van der Waals surface area contributed by atoms with Gasteiger partial charge in [-0.25, -0.2) is 14.7 Å². The summed E-state index contributed by atoms with van der Waals surface area (Å²) in [6.45, 7) is 9.15. The summed E-state index contributed by atoms with van der Waals surface area (Å²) in [4.78, 5) is 42.0. The molecule has 1 atom stereocenters. The van der Waals surface area contributed by atoms with E-state index in [2.05, 4.69) is 72.9 Å². The predicted molar refractivity (Wildman–Crippen MR) is 246 cm³/mol. The highest BCUT2D eigenvalue weighted by atomic mass is 32.2. The van der Waals surface area contributed by atoms with E-state index in [9.17, 15) is 23.3 Å². The number of carbonyl (C=O) groups is 1. The zero-order valence-corrected chi connectivity index (χ0v) is 37.4. The lowest BCUT2D eigenvalue weighted by molar-refractivity contribution is -0.384. The number of hydrogen-bond donors (Lipinski definition) is 3. The van der Waals surface area contributed by atoms with Crippen LogP contribution in [-0.2, 0) is 14.8 Å². The van der Waals surface area contributed by atoms with Crippen molar-refractivity contribution in [3.05, 3.63) is 106 Å². The summed E-state index contributed by atoms with van der Waals surface area (Å²) in [6.07, 6.45) is 15.5. The molecule has 1 saturated carbocycles. The molecule has 3 aliphatic heterocycles. The number of nitrogens with one attached hydrogen (secondary N) is 3. The Morgan fingerprint density at radius 2 is 1.75 bits per heavy atom. The number of pyridine rings is 2. The number of hydrogen-bond acceptors (Lipinski definition) is 12. The molecule has 3 N–H and O–H groups in total. The number of aromatic nitrogens is 3. The van der Waals surface area contributed by atoms with Gasteiger partial charge in [0.2, 0.25) is 0 Å². The van der Waals surface area contributed by atoms with Crippen molar-refractivity contribution >= 4 is 44.0 Å². The smallest absolute Gasteiger partial charge is 0.296 e. The van der Waals surface area contributed by atoms with Gasteiger partial charge in [0, 0.05) is 68.3 Å². The van der Waals surface area contributed by atoms with Gasteiger partial charge in [0.15, 0.2) is 5.03 Å². The maximum Gasteiger partial charge on any atom is 0.296 e. The maximum absolute atomic E-state index is 13.9. The van der Waals surface area contributed by atoms with E-state index in [1.165, 1.54) is 56.2 Å². The van der Waals surface area contributed by atoms with Crippen molar-refractivity contribution < 1.29 is 27.6 Å². The third-order valence-electron chi connectivity index (χ3n) is 14.2. The van der Waals surface area contributed by atoms with Gasteiger partial charge >= 0.3 is 0 Å². The zero-order valence-electron chi connectivity index (χ0n) is 36.6. The minimum atomic E-state index is -4.65. The summed E-state index contributed by atoms with van der Waals surface area (Å²) in [5, 5.41) is 15.3. The van der Waals surface area contributed by atoms with Gasteiger partial charge in [-0.3, -0.25) is 19.8 Å². The first-order valence-corrected chi connectivity index (χ1v) is 24.3. The molecular weight excluding hydrogens is 833 g/mol. The second-order valence-electron chi connectivity index (χ2n) is 18.4. The Morgan fingerprint density at radius 3 is 2.52 bits per heavy atom. The van der Waals surface area contributed by atoms with E-state index < -0.39 is 31.6 Å². The summed E-state index contributed by atoms with van der Waals surface area (Å²) in [7, 11) is -4.65. The van der Waals surface area contributed by atoms with E-state index in [-0.39, 0.29) is 22.9 Å².